The molecule has 2 aromatic carbocycles. The summed E-state index contributed by atoms with van der Waals surface area (Å²) in [6.45, 7) is 4.38. The van der Waals surface area contributed by atoms with E-state index in [1.807, 2.05) is 38.1 Å². The molecule has 0 bridgehead atoms. The number of nitrogens with one attached hydrogen (secondary N) is 3. The first-order chi connectivity index (χ1) is 15.0. The molecule has 1 fully saturated rings. The van der Waals surface area contributed by atoms with Gasteiger partial charge in [0.25, 0.3) is 0 Å². The number of carbonyl (C=O) groups is 2. The van der Waals surface area contributed by atoms with Gasteiger partial charge in [0.1, 0.15) is 6.04 Å². The molecule has 1 aliphatic heterocycles. The zero-order valence-corrected chi connectivity index (χ0v) is 18.4. The van der Waals surface area contributed by atoms with Crippen LogP contribution >= 0.6 is 11.6 Å². The van der Waals surface area contributed by atoms with Crippen molar-refractivity contribution in [2.45, 2.75) is 32.4 Å². The molecule has 1 saturated heterocycles. The molecular formula is C22H26ClN3O5. The molecule has 31 heavy (non-hydrogen) atoms. The number of amides is 1. The van der Waals surface area contributed by atoms with Crippen LogP contribution in [-0.4, -0.2) is 38.2 Å². The molecule has 166 valence electrons. The topological polar surface area (TPSA) is 97.9 Å². The van der Waals surface area contributed by atoms with Gasteiger partial charge in [-0.15, -0.1) is 0 Å². The van der Waals surface area contributed by atoms with E-state index in [-0.39, 0.29) is 17.5 Å². The van der Waals surface area contributed by atoms with Gasteiger partial charge in [-0.1, -0.05) is 23.7 Å². The molecule has 2 atom stereocenters. The van der Waals surface area contributed by atoms with E-state index in [1.165, 1.54) is 13.2 Å². The van der Waals surface area contributed by atoms with Crippen LogP contribution in [0, 0.1) is 0 Å². The monoisotopic (exact) mass is 447 g/mol. The number of esters is 1. The van der Waals surface area contributed by atoms with Gasteiger partial charge in [-0.2, -0.15) is 0 Å². The van der Waals surface area contributed by atoms with Crippen molar-refractivity contribution in [3.8, 4) is 11.5 Å². The van der Waals surface area contributed by atoms with Crippen molar-refractivity contribution in [1.82, 2.24) is 10.9 Å². The van der Waals surface area contributed by atoms with Gasteiger partial charge in [0, 0.05) is 11.1 Å². The van der Waals surface area contributed by atoms with E-state index in [0.29, 0.717) is 41.8 Å². The van der Waals surface area contributed by atoms with Crippen molar-refractivity contribution in [2.24, 2.45) is 0 Å². The number of hydrogen-bond acceptors (Lipinski definition) is 7. The van der Waals surface area contributed by atoms with Crippen LogP contribution in [0.15, 0.2) is 36.4 Å². The summed E-state index contributed by atoms with van der Waals surface area (Å²) >= 11 is 5.95. The number of benzene rings is 2. The lowest BCUT2D eigenvalue weighted by Crippen LogP contribution is -2.39. The second-order valence-corrected chi connectivity index (χ2v) is 7.32. The fraction of sp³-hybridized carbons (Fsp3) is 0.364. The Morgan fingerprint density at radius 1 is 1.10 bits per heavy atom. The van der Waals surface area contributed by atoms with Gasteiger partial charge in [0.2, 0.25) is 5.91 Å². The Labute approximate surface area is 186 Å². The Hall–Kier alpha value is -2.81. The van der Waals surface area contributed by atoms with Crippen molar-refractivity contribution in [1.29, 1.82) is 0 Å². The molecule has 1 amide bonds. The molecule has 3 N–H and O–H groups in total. The van der Waals surface area contributed by atoms with Crippen LogP contribution in [0.2, 0.25) is 5.02 Å². The van der Waals surface area contributed by atoms with E-state index < -0.39 is 12.0 Å². The highest BCUT2D eigenvalue weighted by atomic mass is 35.5. The van der Waals surface area contributed by atoms with E-state index >= 15 is 0 Å². The standard InChI is InChI=1S/C22H26ClN3O5/c1-4-30-19-11-14(22(28)29-3)10-17(20(19)31-5-2)24-21(27)18-12-16(25-26-18)13-6-8-15(23)9-7-13/h6-11,16,18,25-26H,4-5,12H2,1-3H3,(H,24,27). The largest absolute Gasteiger partial charge is 0.490 e. The molecule has 0 saturated carbocycles. The van der Waals surface area contributed by atoms with Gasteiger partial charge >= 0.3 is 5.97 Å². The number of hydrazine groups is 1. The van der Waals surface area contributed by atoms with Crippen LogP contribution in [0.25, 0.3) is 0 Å². The fourth-order valence-corrected chi connectivity index (χ4v) is 3.47. The number of carbonyl (C=O) groups excluding carboxylic acids is 2. The molecule has 9 heteroatoms. The molecule has 1 aliphatic rings. The van der Waals surface area contributed by atoms with Gasteiger partial charge in [0.05, 0.1) is 31.6 Å². The predicted molar refractivity (Wildman–Crippen MR) is 118 cm³/mol. The van der Waals surface area contributed by atoms with E-state index in [9.17, 15) is 9.59 Å². The Morgan fingerprint density at radius 2 is 1.81 bits per heavy atom. The zero-order chi connectivity index (χ0) is 22.4. The van der Waals surface area contributed by atoms with E-state index in [4.69, 9.17) is 25.8 Å². The summed E-state index contributed by atoms with van der Waals surface area (Å²) in [6, 6.07) is 10.00. The summed E-state index contributed by atoms with van der Waals surface area (Å²) in [7, 11) is 1.29. The molecule has 0 spiro atoms. The first kappa shape index (κ1) is 22.9. The number of anilines is 1. The van der Waals surface area contributed by atoms with Crippen molar-refractivity contribution in [2.75, 3.05) is 25.6 Å². The van der Waals surface area contributed by atoms with Gasteiger partial charge in [-0.3, -0.25) is 4.79 Å². The lowest BCUT2D eigenvalue weighted by Gasteiger charge is -2.18. The van der Waals surface area contributed by atoms with Gasteiger partial charge in [-0.25, -0.2) is 15.6 Å². The smallest absolute Gasteiger partial charge is 0.338 e. The lowest BCUT2D eigenvalue weighted by molar-refractivity contribution is -0.117. The van der Waals surface area contributed by atoms with Crippen molar-refractivity contribution < 1.29 is 23.8 Å². The number of halogens is 1. The molecule has 2 aromatic rings. The maximum absolute atomic E-state index is 13.0. The minimum Gasteiger partial charge on any atom is -0.490 e. The van der Waals surface area contributed by atoms with Gasteiger partial charge in [0.15, 0.2) is 11.5 Å². The fourth-order valence-electron chi connectivity index (χ4n) is 3.35. The van der Waals surface area contributed by atoms with Crippen LogP contribution in [0.3, 0.4) is 0 Å². The zero-order valence-electron chi connectivity index (χ0n) is 17.7. The normalized spacial score (nSPS) is 17.8. The highest BCUT2D eigenvalue weighted by molar-refractivity contribution is 6.30. The predicted octanol–water partition coefficient (Wildman–Crippen LogP) is 3.47. The quantitative estimate of drug-likeness (QED) is 0.533. The number of rotatable bonds is 8. The minimum absolute atomic E-state index is 0.0419. The van der Waals surface area contributed by atoms with Gasteiger partial charge < -0.3 is 19.5 Å². The summed E-state index contributed by atoms with van der Waals surface area (Å²) in [5.74, 6) is -0.0815. The average molecular weight is 448 g/mol. The Kier molecular flexibility index (Phi) is 7.73. The first-order valence-electron chi connectivity index (χ1n) is 10.1. The third kappa shape index (κ3) is 5.46. The highest BCUT2D eigenvalue weighted by Crippen LogP contribution is 2.38. The van der Waals surface area contributed by atoms with Crippen molar-refractivity contribution in [3.05, 3.63) is 52.5 Å². The summed E-state index contributed by atoms with van der Waals surface area (Å²) in [6.07, 6.45) is 0.534. The molecule has 0 aromatic heterocycles. The van der Waals surface area contributed by atoms with Crippen molar-refractivity contribution >= 4 is 29.2 Å². The van der Waals surface area contributed by atoms with E-state index in [0.717, 1.165) is 5.56 Å². The van der Waals surface area contributed by atoms with Crippen LogP contribution in [0.4, 0.5) is 5.69 Å². The molecule has 3 rings (SSSR count). The second kappa shape index (κ2) is 10.5. The maximum atomic E-state index is 13.0. The number of hydrogen-bond donors (Lipinski definition) is 3. The molecule has 2 unspecified atom stereocenters. The van der Waals surface area contributed by atoms with Gasteiger partial charge in [-0.05, 0) is 50.1 Å². The SMILES string of the molecule is CCOc1cc(C(=O)OC)cc(NC(=O)C2CC(c3ccc(Cl)cc3)NN2)c1OCC. The average Bonchev–Trinajstić information content (AvgIpc) is 3.26. The third-order valence-corrected chi connectivity index (χ3v) is 5.07. The molecule has 1 heterocycles. The number of ether oxygens (including phenoxy) is 3. The summed E-state index contributed by atoms with van der Waals surface area (Å²) in [5.41, 5.74) is 7.77. The van der Waals surface area contributed by atoms with Crippen molar-refractivity contribution in [3.63, 3.8) is 0 Å². The summed E-state index contributed by atoms with van der Waals surface area (Å²) in [4.78, 5) is 25.1. The Balaban J connectivity index is 1.81. The first-order valence-corrected chi connectivity index (χ1v) is 10.4. The van der Waals surface area contributed by atoms with E-state index in [1.54, 1.807) is 6.07 Å². The third-order valence-electron chi connectivity index (χ3n) is 4.81. The van der Waals surface area contributed by atoms with Crippen LogP contribution in [0.5, 0.6) is 11.5 Å². The van der Waals surface area contributed by atoms with Crippen LogP contribution < -0.4 is 25.6 Å². The minimum atomic E-state index is -0.539. The second-order valence-electron chi connectivity index (χ2n) is 6.88. The molecular weight excluding hydrogens is 422 g/mol. The Bertz CT molecular complexity index is 935. The molecule has 0 radical (unpaired) electrons. The molecule has 8 nitrogen and oxygen atoms in total. The lowest BCUT2D eigenvalue weighted by atomic mass is 10.0. The number of methoxy groups -OCH3 is 1. The van der Waals surface area contributed by atoms with E-state index in [2.05, 4.69) is 16.2 Å². The van der Waals surface area contributed by atoms with Crippen LogP contribution in [0.1, 0.15) is 42.2 Å². The summed E-state index contributed by atoms with van der Waals surface area (Å²) < 4.78 is 16.2. The highest BCUT2D eigenvalue weighted by Gasteiger charge is 2.31. The Morgan fingerprint density at radius 3 is 2.45 bits per heavy atom. The maximum Gasteiger partial charge on any atom is 0.338 e. The van der Waals surface area contributed by atoms with Crippen LogP contribution in [-0.2, 0) is 9.53 Å². The molecule has 0 aliphatic carbocycles. The summed E-state index contributed by atoms with van der Waals surface area (Å²) in [5, 5.41) is 3.52.